The summed E-state index contributed by atoms with van der Waals surface area (Å²) in [7, 11) is 0. The first-order chi connectivity index (χ1) is 17.2. The third-order valence-corrected chi connectivity index (χ3v) is 5.80. The van der Waals surface area contributed by atoms with Gasteiger partial charge in [-0.1, -0.05) is 91.0 Å². The highest BCUT2D eigenvalue weighted by molar-refractivity contribution is 5.94. The van der Waals surface area contributed by atoms with Crippen molar-refractivity contribution >= 4 is 23.6 Å². The summed E-state index contributed by atoms with van der Waals surface area (Å²) in [6.07, 6.45) is -0.867. The zero-order valence-electron chi connectivity index (χ0n) is 19.6. The number of rotatable bonds is 12. The number of hydrogen-bond donors (Lipinski definition) is 5. The van der Waals surface area contributed by atoms with Crippen molar-refractivity contribution in [1.29, 1.82) is 0 Å². The molecule has 0 aliphatic rings. The van der Waals surface area contributed by atoms with Gasteiger partial charge in [0.25, 0.3) is 0 Å². The summed E-state index contributed by atoms with van der Waals surface area (Å²) >= 11 is 0. The lowest BCUT2D eigenvalue weighted by molar-refractivity contribution is -0.132. The maximum Gasteiger partial charge on any atom is 0.240 e. The fraction of sp³-hybridized carbons (Fsp3) is 0.185. The molecule has 0 aromatic heterocycles. The number of primary amides is 3. The van der Waals surface area contributed by atoms with Crippen LogP contribution in [-0.4, -0.2) is 35.7 Å². The van der Waals surface area contributed by atoms with Crippen LogP contribution in [-0.2, 0) is 24.7 Å². The minimum atomic E-state index is -1.34. The molecule has 0 saturated carbocycles. The van der Waals surface area contributed by atoms with E-state index in [4.69, 9.17) is 17.2 Å². The van der Waals surface area contributed by atoms with Crippen LogP contribution in [0.1, 0.15) is 29.5 Å². The van der Waals surface area contributed by atoms with Crippen molar-refractivity contribution < 1.29 is 19.2 Å². The van der Waals surface area contributed by atoms with Gasteiger partial charge < -0.3 is 22.5 Å². The summed E-state index contributed by atoms with van der Waals surface area (Å²) in [5.41, 5.74) is 17.4. The molecule has 0 unspecified atom stereocenters. The largest absolute Gasteiger partial charge is 0.370 e. The molecule has 4 amide bonds. The normalized spacial score (nSPS) is 12.8. The molecule has 0 fully saturated rings. The quantitative estimate of drug-likeness (QED) is 0.236. The van der Waals surface area contributed by atoms with Crippen molar-refractivity contribution in [3.8, 4) is 0 Å². The highest BCUT2D eigenvalue weighted by Gasteiger charge is 2.40. The zero-order valence-corrected chi connectivity index (χ0v) is 19.6. The van der Waals surface area contributed by atoms with Gasteiger partial charge in [-0.2, -0.15) is 0 Å². The van der Waals surface area contributed by atoms with Crippen molar-refractivity contribution in [1.82, 2.24) is 10.6 Å². The molecule has 0 bridgehead atoms. The second-order valence-electron chi connectivity index (χ2n) is 8.35. The first-order valence-corrected chi connectivity index (χ1v) is 11.3. The highest BCUT2D eigenvalue weighted by atomic mass is 16.2. The van der Waals surface area contributed by atoms with Crippen LogP contribution in [0.25, 0.3) is 0 Å². The minimum Gasteiger partial charge on any atom is -0.370 e. The van der Waals surface area contributed by atoms with E-state index in [9.17, 15) is 19.2 Å². The lowest BCUT2D eigenvalue weighted by Crippen LogP contribution is -2.58. The number of amides is 4. The summed E-state index contributed by atoms with van der Waals surface area (Å²) < 4.78 is 0. The molecule has 8 N–H and O–H groups in total. The van der Waals surface area contributed by atoms with E-state index in [0.717, 1.165) is 16.7 Å². The Morgan fingerprint density at radius 2 is 0.972 bits per heavy atom. The number of carbonyl (C=O) groups excluding carboxylic acids is 4. The van der Waals surface area contributed by atoms with Crippen LogP contribution in [0.5, 0.6) is 0 Å². The Morgan fingerprint density at radius 3 is 1.31 bits per heavy atom. The van der Waals surface area contributed by atoms with Gasteiger partial charge in [-0.3, -0.25) is 24.5 Å². The Morgan fingerprint density at radius 1 is 0.611 bits per heavy atom. The molecule has 0 aliphatic carbocycles. The van der Waals surface area contributed by atoms with Crippen molar-refractivity contribution in [3.05, 3.63) is 108 Å². The van der Waals surface area contributed by atoms with E-state index in [1.165, 1.54) is 0 Å². The van der Waals surface area contributed by atoms with Gasteiger partial charge in [0, 0.05) is 0 Å². The van der Waals surface area contributed by atoms with E-state index in [2.05, 4.69) is 10.6 Å². The van der Waals surface area contributed by atoms with E-state index in [1.807, 2.05) is 91.0 Å². The molecule has 3 rings (SSSR count). The molecule has 0 spiro atoms. The number of carbonyl (C=O) groups is 4. The van der Waals surface area contributed by atoms with Crippen LogP contribution in [0, 0.1) is 0 Å². The van der Waals surface area contributed by atoms with Crippen molar-refractivity contribution in [2.75, 3.05) is 0 Å². The third kappa shape index (κ3) is 6.13. The molecule has 9 nitrogen and oxygen atoms in total. The number of hydrogen-bond acceptors (Lipinski definition) is 5. The van der Waals surface area contributed by atoms with Crippen molar-refractivity contribution in [3.63, 3.8) is 0 Å². The lowest BCUT2D eigenvalue weighted by Gasteiger charge is -2.39. The van der Waals surface area contributed by atoms with Gasteiger partial charge >= 0.3 is 0 Å². The van der Waals surface area contributed by atoms with E-state index in [1.54, 1.807) is 0 Å². The number of benzene rings is 3. The second kappa shape index (κ2) is 11.8. The Kier molecular flexibility index (Phi) is 8.53. The molecule has 186 valence electrons. The molecule has 0 heterocycles. The Labute approximate surface area is 209 Å². The summed E-state index contributed by atoms with van der Waals surface area (Å²) in [6.45, 7) is 0. The lowest BCUT2D eigenvalue weighted by atomic mass is 9.76. The highest BCUT2D eigenvalue weighted by Crippen LogP contribution is 2.37. The number of nitrogens with two attached hydrogens (primary N) is 3. The molecule has 9 heteroatoms. The molecule has 0 radical (unpaired) electrons. The molecular formula is C27H29N5O4. The van der Waals surface area contributed by atoms with Gasteiger partial charge in [-0.15, -0.1) is 0 Å². The van der Waals surface area contributed by atoms with Crippen molar-refractivity contribution in [2.45, 2.75) is 30.5 Å². The van der Waals surface area contributed by atoms with Crippen LogP contribution in [0.4, 0.5) is 0 Å². The fourth-order valence-corrected chi connectivity index (χ4v) is 4.18. The summed E-state index contributed by atoms with van der Waals surface area (Å²) in [6, 6.07) is 25.8. The van der Waals surface area contributed by atoms with Gasteiger partial charge in [0.1, 0.15) is 6.04 Å². The second-order valence-corrected chi connectivity index (χ2v) is 8.35. The smallest absolute Gasteiger partial charge is 0.240 e. The predicted molar refractivity (Wildman–Crippen MR) is 135 cm³/mol. The summed E-state index contributed by atoms with van der Waals surface area (Å²) in [5, 5.41) is 5.81. The molecule has 0 aliphatic heterocycles. The molecule has 3 aromatic carbocycles. The van der Waals surface area contributed by atoms with Crippen LogP contribution < -0.4 is 27.8 Å². The molecule has 36 heavy (non-hydrogen) atoms. The van der Waals surface area contributed by atoms with Gasteiger partial charge in [-0.25, -0.2) is 0 Å². The average molecular weight is 488 g/mol. The molecule has 2 atom stereocenters. The van der Waals surface area contributed by atoms with Gasteiger partial charge in [0.15, 0.2) is 0 Å². The molecule has 3 aromatic rings. The van der Waals surface area contributed by atoms with Crippen LogP contribution >= 0.6 is 0 Å². The zero-order chi connectivity index (χ0) is 26.1. The summed E-state index contributed by atoms with van der Waals surface area (Å²) in [4.78, 5) is 48.7. The Hall–Kier alpha value is -4.50. The Bertz CT molecular complexity index is 1110. The summed E-state index contributed by atoms with van der Waals surface area (Å²) in [5.74, 6) is -3.21. The van der Waals surface area contributed by atoms with Crippen LogP contribution in [0.3, 0.4) is 0 Å². The van der Waals surface area contributed by atoms with Crippen LogP contribution in [0.15, 0.2) is 91.0 Å². The number of nitrogens with one attached hydrogen (secondary N) is 2. The van der Waals surface area contributed by atoms with Crippen LogP contribution in [0.2, 0.25) is 0 Å². The van der Waals surface area contributed by atoms with E-state index >= 15 is 0 Å². The monoisotopic (exact) mass is 487 g/mol. The Balaban J connectivity index is 2.16. The SMILES string of the molecule is NC(=O)C[C@H](NC(=O)[C@H](CC(N)=O)NC(c1ccccc1)(c1ccccc1)c1ccccc1)C(N)=O. The van der Waals surface area contributed by atoms with Gasteiger partial charge in [-0.05, 0) is 16.7 Å². The van der Waals surface area contributed by atoms with E-state index < -0.39 is 47.7 Å². The van der Waals surface area contributed by atoms with E-state index in [0.29, 0.717) is 0 Å². The standard InChI is InChI=1S/C27H29N5O4/c28-23(33)16-21(25(30)35)31-26(36)22(17-24(29)34)32-27(18-10-4-1-5-11-18,19-12-6-2-7-13-19)20-14-8-3-9-15-20/h1-15,21-22,32H,16-17H2,(H2,28,33)(H2,29,34)(H2,30,35)(H,31,36)/t21-,22-/m0/s1. The molecule has 0 saturated heterocycles. The maximum absolute atomic E-state index is 13.4. The first kappa shape index (κ1) is 26.1. The van der Waals surface area contributed by atoms with Crippen molar-refractivity contribution in [2.24, 2.45) is 17.2 Å². The molecular weight excluding hydrogens is 458 g/mol. The van der Waals surface area contributed by atoms with Gasteiger partial charge in [0.2, 0.25) is 23.6 Å². The van der Waals surface area contributed by atoms with Gasteiger partial charge in [0.05, 0.1) is 24.4 Å². The predicted octanol–water partition coefficient (Wildman–Crippen LogP) is 0.658. The fourth-order valence-electron chi connectivity index (χ4n) is 4.18. The van der Waals surface area contributed by atoms with E-state index in [-0.39, 0.29) is 6.42 Å². The minimum absolute atomic E-state index is 0.387. The first-order valence-electron chi connectivity index (χ1n) is 11.3. The maximum atomic E-state index is 13.4. The average Bonchev–Trinajstić information content (AvgIpc) is 2.87. The topological polar surface area (TPSA) is 170 Å². The third-order valence-electron chi connectivity index (χ3n) is 5.80.